The average Bonchev–Trinajstić information content (AvgIpc) is 2.25. The van der Waals surface area contributed by atoms with Gasteiger partial charge >= 0.3 is 0 Å². The molecule has 1 aliphatic rings. The Kier molecular flexibility index (Phi) is 4.41. The Labute approximate surface area is 89.5 Å². The van der Waals surface area contributed by atoms with E-state index < -0.39 is 0 Å². The number of nitrogens with zero attached hydrogens (tertiary/aromatic N) is 2. The van der Waals surface area contributed by atoms with Gasteiger partial charge in [-0.15, -0.1) is 0 Å². The molecule has 0 amide bonds. The van der Waals surface area contributed by atoms with E-state index >= 15 is 0 Å². The first-order valence-corrected chi connectivity index (χ1v) is 5.30. The molecule has 0 aromatic carbocycles. The van der Waals surface area contributed by atoms with Crippen LogP contribution in [0.5, 0.6) is 0 Å². The second-order valence-electron chi connectivity index (χ2n) is 4.44. The summed E-state index contributed by atoms with van der Waals surface area (Å²) in [7, 11) is 0. The van der Waals surface area contributed by atoms with Crippen LogP contribution in [0.1, 0.15) is 32.6 Å². The Bertz CT molecular complexity index is 304. The van der Waals surface area contributed by atoms with Crippen molar-refractivity contribution in [1.82, 2.24) is 0 Å². The topological polar surface area (TPSA) is 58.9 Å². The number of hydrogen-bond donors (Lipinski definition) is 0. The van der Waals surface area contributed by atoms with Crippen LogP contribution in [0.4, 0.5) is 0 Å². The average molecular weight is 208 g/mol. The molecule has 0 aromatic heterocycles. The second kappa shape index (κ2) is 5.59. The Balaban J connectivity index is 2.70. The van der Waals surface area contributed by atoms with E-state index in [9.17, 15) is 9.59 Å². The minimum atomic E-state index is -0.00396. The van der Waals surface area contributed by atoms with Gasteiger partial charge in [-0.05, 0) is 24.2 Å². The third-order valence-electron chi connectivity index (χ3n) is 3.42. The van der Waals surface area contributed by atoms with Crippen molar-refractivity contribution in [1.29, 1.82) is 0 Å². The lowest BCUT2D eigenvalue weighted by molar-refractivity contribution is 0.132. The molecule has 1 rings (SSSR count). The fourth-order valence-electron chi connectivity index (χ4n) is 2.35. The van der Waals surface area contributed by atoms with Crippen molar-refractivity contribution in [3.05, 3.63) is 0 Å². The van der Waals surface area contributed by atoms with Crippen molar-refractivity contribution in [3.8, 4) is 0 Å². The quantitative estimate of drug-likeness (QED) is 0.523. The third-order valence-corrected chi connectivity index (χ3v) is 3.42. The zero-order chi connectivity index (χ0) is 11.1. The number of hydrogen-bond acceptors (Lipinski definition) is 4. The van der Waals surface area contributed by atoms with Gasteiger partial charge in [-0.25, -0.2) is 19.6 Å². The summed E-state index contributed by atoms with van der Waals surface area (Å²) in [5.41, 5.74) is -0.00396. The van der Waals surface area contributed by atoms with Gasteiger partial charge in [0.15, 0.2) is 0 Å². The predicted molar refractivity (Wildman–Crippen MR) is 56.0 cm³/mol. The summed E-state index contributed by atoms with van der Waals surface area (Å²) in [5.74, 6) is 0.338. The SMILES string of the molecule is CC1(CN=C=O)CCCCC1CN=C=O. The Morgan fingerprint density at radius 1 is 1.27 bits per heavy atom. The van der Waals surface area contributed by atoms with Gasteiger partial charge < -0.3 is 0 Å². The van der Waals surface area contributed by atoms with Gasteiger partial charge in [-0.1, -0.05) is 19.8 Å². The largest absolute Gasteiger partial charge is 0.234 e. The highest BCUT2D eigenvalue weighted by atomic mass is 16.1. The zero-order valence-electron chi connectivity index (χ0n) is 9.03. The van der Waals surface area contributed by atoms with E-state index in [4.69, 9.17) is 0 Å². The van der Waals surface area contributed by atoms with Gasteiger partial charge in [0.2, 0.25) is 12.2 Å². The summed E-state index contributed by atoms with van der Waals surface area (Å²) < 4.78 is 0. The van der Waals surface area contributed by atoms with E-state index in [1.807, 2.05) is 0 Å². The van der Waals surface area contributed by atoms with Crippen LogP contribution in [-0.2, 0) is 9.59 Å². The first kappa shape index (κ1) is 11.8. The predicted octanol–water partition coefficient (Wildman–Crippen LogP) is 1.85. The highest BCUT2D eigenvalue weighted by molar-refractivity contribution is 5.33. The van der Waals surface area contributed by atoms with Crippen molar-refractivity contribution < 1.29 is 9.59 Å². The number of rotatable bonds is 4. The minimum Gasteiger partial charge on any atom is -0.211 e. The van der Waals surface area contributed by atoms with E-state index in [-0.39, 0.29) is 5.41 Å². The lowest BCUT2D eigenvalue weighted by atomic mass is 9.67. The van der Waals surface area contributed by atoms with Crippen LogP contribution in [0.15, 0.2) is 9.98 Å². The van der Waals surface area contributed by atoms with E-state index in [0.29, 0.717) is 19.0 Å². The maximum Gasteiger partial charge on any atom is 0.234 e. The van der Waals surface area contributed by atoms with Crippen LogP contribution in [0.25, 0.3) is 0 Å². The molecule has 1 saturated carbocycles. The monoisotopic (exact) mass is 208 g/mol. The molecule has 0 radical (unpaired) electrons. The zero-order valence-corrected chi connectivity index (χ0v) is 9.03. The fourth-order valence-corrected chi connectivity index (χ4v) is 2.35. The summed E-state index contributed by atoms with van der Waals surface area (Å²) >= 11 is 0. The molecule has 4 heteroatoms. The molecule has 0 spiro atoms. The molecule has 82 valence electrons. The van der Waals surface area contributed by atoms with Gasteiger partial charge in [-0.2, -0.15) is 0 Å². The maximum absolute atomic E-state index is 10.1. The minimum absolute atomic E-state index is 0.00396. The molecule has 0 heterocycles. The summed E-state index contributed by atoms with van der Waals surface area (Å²) in [5, 5.41) is 0. The molecule has 2 unspecified atom stereocenters. The summed E-state index contributed by atoms with van der Waals surface area (Å²) in [6.45, 7) is 3.11. The lowest BCUT2D eigenvalue weighted by Crippen LogP contribution is -2.35. The van der Waals surface area contributed by atoms with Crippen molar-refractivity contribution >= 4 is 12.2 Å². The van der Waals surface area contributed by atoms with Crippen LogP contribution in [0.3, 0.4) is 0 Å². The van der Waals surface area contributed by atoms with Crippen LogP contribution in [0.2, 0.25) is 0 Å². The fraction of sp³-hybridized carbons (Fsp3) is 0.818. The molecular weight excluding hydrogens is 192 g/mol. The maximum atomic E-state index is 10.1. The normalized spacial score (nSPS) is 30.1. The summed E-state index contributed by atoms with van der Waals surface area (Å²) in [6, 6.07) is 0. The molecular formula is C11H16N2O2. The first-order chi connectivity index (χ1) is 7.23. The van der Waals surface area contributed by atoms with Gasteiger partial charge in [-0.3, -0.25) is 0 Å². The van der Waals surface area contributed by atoms with Crippen LogP contribution in [0, 0.1) is 11.3 Å². The summed E-state index contributed by atoms with van der Waals surface area (Å²) in [4.78, 5) is 27.6. The van der Waals surface area contributed by atoms with E-state index in [1.165, 1.54) is 6.42 Å². The highest BCUT2D eigenvalue weighted by Gasteiger charge is 2.36. The van der Waals surface area contributed by atoms with Gasteiger partial charge in [0.05, 0.1) is 13.1 Å². The number of carbonyl (C=O) groups excluding carboxylic acids is 2. The Hall–Kier alpha value is -1.24. The third kappa shape index (κ3) is 3.12. The Morgan fingerprint density at radius 3 is 2.67 bits per heavy atom. The van der Waals surface area contributed by atoms with Gasteiger partial charge in [0, 0.05) is 0 Å². The molecule has 0 N–H and O–H groups in total. The van der Waals surface area contributed by atoms with Crippen LogP contribution >= 0.6 is 0 Å². The molecule has 0 aliphatic heterocycles. The summed E-state index contributed by atoms with van der Waals surface area (Å²) in [6.07, 6.45) is 7.58. The molecule has 1 fully saturated rings. The van der Waals surface area contributed by atoms with Crippen molar-refractivity contribution in [2.24, 2.45) is 21.3 Å². The smallest absolute Gasteiger partial charge is 0.211 e. The molecule has 0 saturated heterocycles. The molecule has 1 aliphatic carbocycles. The van der Waals surface area contributed by atoms with Crippen molar-refractivity contribution in [3.63, 3.8) is 0 Å². The van der Waals surface area contributed by atoms with E-state index in [2.05, 4.69) is 16.9 Å². The molecule has 15 heavy (non-hydrogen) atoms. The standard InChI is InChI=1S/C11H16N2O2/c1-11(7-13-9-15)5-3-2-4-10(11)6-12-8-14/h10H,2-7H2,1H3. The molecule has 4 nitrogen and oxygen atoms in total. The first-order valence-electron chi connectivity index (χ1n) is 5.30. The van der Waals surface area contributed by atoms with E-state index in [1.54, 1.807) is 12.2 Å². The van der Waals surface area contributed by atoms with E-state index in [0.717, 1.165) is 19.3 Å². The molecule has 2 atom stereocenters. The lowest BCUT2D eigenvalue weighted by Gasteiger charge is -2.39. The van der Waals surface area contributed by atoms with Gasteiger partial charge in [0.1, 0.15) is 0 Å². The Morgan fingerprint density at radius 2 is 2.00 bits per heavy atom. The van der Waals surface area contributed by atoms with Gasteiger partial charge in [0.25, 0.3) is 0 Å². The number of isocyanates is 2. The highest BCUT2D eigenvalue weighted by Crippen LogP contribution is 2.41. The second-order valence-corrected chi connectivity index (χ2v) is 4.44. The van der Waals surface area contributed by atoms with Crippen molar-refractivity contribution in [2.45, 2.75) is 32.6 Å². The molecule has 0 aromatic rings. The number of aliphatic imine (C=N–C) groups is 2. The van der Waals surface area contributed by atoms with Crippen LogP contribution in [-0.4, -0.2) is 25.2 Å². The van der Waals surface area contributed by atoms with Crippen LogP contribution < -0.4 is 0 Å². The molecule has 0 bridgehead atoms. The van der Waals surface area contributed by atoms with Crippen molar-refractivity contribution in [2.75, 3.05) is 13.1 Å².